The van der Waals surface area contributed by atoms with Crippen LogP contribution in [0.3, 0.4) is 0 Å². The normalized spacial score (nSPS) is 13.9. The highest BCUT2D eigenvalue weighted by molar-refractivity contribution is 9.10. The van der Waals surface area contributed by atoms with Gasteiger partial charge in [-0.1, -0.05) is 15.9 Å². The summed E-state index contributed by atoms with van der Waals surface area (Å²) in [5.41, 5.74) is 2.00. The molecule has 1 aromatic carbocycles. The van der Waals surface area contributed by atoms with E-state index in [1.807, 2.05) is 18.2 Å². The molecule has 20 heavy (non-hydrogen) atoms. The number of ether oxygens (including phenoxy) is 2. The lowest BCUT2D eigenvalue weighted by atomic mass is 10.1. The Bertz CT molecular complexity index is 583. The van der Waals surface area contributed by atoms with Crippen molar-refractivity contribution < 1.29 is 19.1 Å². The van der Waals surface area contributed by atoms with Crippen LogP contribution in [0.25, 0.3) is 6.08 Å². The number of benzene rings is 1. The number of esters is 1. The average molecular weight is 340 g/mol. The molecule has 0 bridgehead atoms. The number of methoxy groups -OCH3 is 2. The van der Waals surface area contributed by atoms with E-state index in [1.54, 1.807) is 6.08 Å². The van der Waals surface area contributed by atoms with Crippen LogP contribution in [0.2, 0.25) is 0 Å². The summed E-state index contributed by atoms with van der Waals surface area (Å²) in [6, 6.07) is 5.50. The van der Waals surface area contributed by atoms with Crippen LogP contribution >= 0.6 is 15.9 Å². The van der Waals surface area contributed by atoms with Gasteiger partial charge in [0.2, 0.25) is 0 Å². The first-order valence-electron chi connectivity index (χ1n) is 6.00. The maximum atomic E-state index is 11.9. The lowest BCUT2D eigenvalue weighted by Crippen LogP contribution is -2.32. The topological polar surface area (TPSA) is 55.8 Å². The standard InChI is InChI=1S/C14H14BrNO4/c1-19-13(17)9-5-6-16(14(18)20-2)12-4-3-11(15)8-10(12)7-9/h3-4,7-8H,5-6H2,1-2H3. The number of hydrogen-bond donors (Lipinski definition) is 0. The van der Waals surface area contributed by atoms with Gasteiger partial charge in [-0.25, -0.2) is 9.59 Å². The van der Waals surface area contributed by atoms with Crippen LogP contribution in [0, 0.1) is 0 Å². The Balaban J connectivity index is 2.50. The summed E-state index contributed by atoms with van der Waals surface area (Å²) in [6.07, 6.45) is 1.70. The molecule has 0 N–H and O–H groups in total. The van der Waals surface area contributed by atoms with Crippen LogP contribution in [-0.4, -0.2) is 32.8 Å². The number of nitrogens with zero attached hydrogens (tertiary/aromatic N) is 1. The summed E-state index contributed by atoms with van der Waals surface area (Å²) in [7, 11) is 2.67. The first kappa shape index (κ1) is 14.6. The number of hydrogen-bond acceptors (Lipinski definition) is 4. The van der Waals surface area contributed by atoms with Gasteiger partial charge in [0.15, 0.2) is 0 Å². The fourth-order valence-corrected chi connectivity index (χ4v) is 2.47. The molecule has 0 radical (unpaired) electrons. The van der Waals surface area contributed by atoms with Crippen molar-refractivity contribution >= 4 is 39.8 Å². The van der Waals surface area contributed by atoms with Crippen LogP contribution in [0.1, 0.15) is 12.0 Å². The maximum Gasteiger partial charge on any atom is 0.414 e. The zero-order valence-corrected chi connectivity index (χ0v) is 12.8. The van der Waals surface area contributed by atoms with E-state index < -0.39 is 6.09 Å². The van der Waals surface area contributed by atoms with Gasteiger partial charge in [-0.15, -0.1) is 0 Å². The predicted molar refractivity (Wildman–Crippen MR) is 78.5 cm³/mol. The molecular formula is C14H14BrNO4. The molecule has 0 saturated heterocycles. The van der Waals surface area contributed by atoms with Gasteiger partial charge < -0.3 is 9.47 Å². The number of halogens is 1. The van der Waals surface area contributed by atoms with Crippen LogP contribution in [-0.2, 0) is 14.3 Å². The fourth-order valence-electron chi connectivity index (χ4n) is 2.09. The van der Waals surface area contributed by atoms with Crippen molar-refractivity contribution in [2.45, 2.75) is 6.42 Å². The molecule has 0 spiro atoms. The Hall–Kier alpha value is -1.82. The van der Waals surface area contributed by atoms with Gasteiger partial charge in [-0.3, -0.25) is 4.90 Å². The van der Waals surface area contributed by atoms with E-state index in [-0.39, 0.29) is 5.97 Å². The third-order valence-electron chi connectivity index (χ3n) is 3.06. The molecule has 2 rings (SSSR count). The minimum atomic E-state index is -0.451. The number of amides is 1. The molecule has 106 valence electrons. The molecule has 1 amide bonds. The van der Waals surface area contributed by atoms with Crippen LogP contribution in [0.4, 0.5) is 10.5 Å². The Kier molecular flexibility index (Phi) is 4.44. The van der Waals surface area contributed by atoms with E-state index in [0.29, 0.717) is 24.2 Å². The van der Waals surface area contributed by atoms with E-state index >= 15 is 0 Å². The lowest BCUT2D eigenvalue weighted by molar-refractivity contribution is -0.136. The van der Waals surface area contributed by atoms with E-state index in [9.17, 15) is 9.59 Å². The molecule has 1 aliphatic rings. The second-order valence-electron chi connectivity index (χ2n) is 4.24. The van der Waals surface area contributed by atoms with Gasteiger partial charge in [-0.2, -0.15) is 0 Å². The molecule has 1 aliphatic heterocycles. The van der Waals surface area contributed by atoms with Crippen molar-refractivity contribution in [2.75, 3.05) is 25.7 Å². The van der Waals surface area contributed by atoms with Crippen LogP contribution < -0.4 is 4.90 Å². The number of anilines is 1. The smallest absolute Gasteiger partial charge is 0.414 e. The SMILES string of the molecule is COC(=O)C1=Cc2cc(Br)ccc2N(C(=O)OC)CC1. The van der Waals surface area contributed by atoms with Gasteiger partial charge in [0, 0.05) is 22.2 Å². The zero-order chi connectivity index (χ0) is 14.7. The molecular weight excluding hydrogens is 326 g/mol. The summed E-state index contributed by atoms with van der Waals surface area (Å²) in [5, 5.41) is 0. The summed E-state index contributed by atoms with van der Waals surface area (Å²) in [5.74, 6) is -0.386. The Morgan fingerprint density at radius 1 is 1.25 bits per heavy atom. The molecule has 5 nitrogen and oxygen atoms in total. The van der Waals surface area contributed by atoms with Crippen molar-refractivity contribution in [3.8, 4) is 0 Å². The first-order valence-corrected chi connectivity index (χ1v) is 6.80. The highest BCUT2D eigenvalue weighted by atomic mass is 79.9. The number of fused-ring (bicyclic) bond motifs is 1. The molecule has 0 aromatic heterocycles. The van der Waals surface area contributed by atoms with Gasteiger partial charge >= 0.3 is 12.1 Å². The number of carbonyl (C=O) groups excluding carboxylic acids is 2. The van der Waals surface area contributed by atoms with E-state index in [2.05, 4.69) is 15.9 Å². The van der Waals surface area contributed by atoms with Crippen molar-refractivity contribution in [3.05, 3.63) is 33.8 Å². The Labute approximate surface area is 125 Å². The molecule has 0 saturated carbocycles. The zero-order valence-electron chi connectivity index (χ0n) is 11.2. The highest BCUT2D eigenvalue weighted by Crippen LogP contribution is 2.31. The van der Waals surface area contributed by atoms with Crippen molar-refractivity contribution in [2.24, 2.45) is 0 Å². The molecule has 6 heteroatoms. The van der Waals surface area contributed by atoms with E-state index in [0.717, 1.165) is 10.0 Å². The van der Waals surface area contributed by atoms with Crippen molar-refractivity contribution in [3.63, 3.8) is 0 Å². The predicted octanol–water partition coefficient (Wildman–Crippen LogP) is 2.98. The molecule has 0 aliphatic carbocycles. The van der Waals surface area contributed by atoms with Crippen molar-refractivity contribution in [1.82, 2.24) is 0 Å². The monoisotopic (exact) mass is 339 g/mol. The number of rotatable bonds is 1. The summed E-state index contributed by atoms with van der Waals surface area (Å²) in [4.78, 5) is 25.1. The molecule has 0 atom stereocenters. The lowest BCUT2D eigenvalue weighted by Gasteiger charge is -2.21. The van der Waals surface area contributed by atoms with Crippen molar-refractivity contribution in [1.29, 1.82) is 0 Å². The minimum absolute atomic E-state index is 0.363. The van der Waals surface area contributed by atoms with Gasteiger partial charge in [-0.05, 0) is 30.7 Å². The van der Waals surface area contributed by atoms with Gasteiger partial charge in [0.05, 0.1) is 19.9 Å². The molecule has 0 fully saturated rings. The second-order valence-corrected chi connectivity index (χ2v) is 5.15. The summed E-state index contributed by atoms with van der Waals surface area (Å²) in [6.45, 7) is 0.363. The Morgan fingerprint density at radius 3 is 2.65 bits per heavy atom. The Morgan fingerprint density at radius 2 is 2.00 bits per heavy atom. The first-order chi connectivity index (χ1) is 9.56. The third-order valence-corrected chi connectivity index (χ3v) is 3.55. The maximum absolute atomic E-state index is 11.9. The highest BCUT2D eigenvalue weighted by Gasteiger charge is 2.24. The van der Waals surface area contributed by atoms with E-state index in [1.165, 1.54) is 19.1 Å². The quantitative estimate of drug-likeness (QED) is 0.738. The summed E-state index contributed by atoms with van der Waals surface area (Å²) >= 11 is 3.38. The molecule has 1 heterocycles. The summed E-state index contributed by atoms with van der Waals surface area (Å²) < 4.78 is 10.4. The van der Waals surface area contributed by atoms with Crippen LogP contribution in [0.5, 0.6) is 0 Å². The van der Waals surface area contributed by atoms with Gasteiger partial charge in [0.1, 0.15) is 0 Å². The third kappa shape index (κ3) is 2.85. The van der Waals surface area contributed by atoms with E-state index in [4.69, 9.17) is 9.47 Å². The second kappa shape index (κ2) is 6.09. The fraction of sp³-hybridized carbons (Fsp3) is 0.286. The molecule has 0 unspecified atom stereocenters. The van der Waals surface area contributed by atoms with Crippen LogP contribution in [0.15, 0.2) is 28.2 Å². The largest absolute Gasteiger partial charge is 0.466 e. The van der Waals surface area contributed by atoms with Gasteiger partial charge in [0.25, 0.3) is 0 Å². The number of carbonyl (C=O) groups is 2. The molecule has 1 aromatic rings. The average Bonchev–Trinajstić information content (AvgIpc) is 2.64. The minimum Gasteiger partial charge on any atom is -0.466 e.